The highest BCUT2D eigenvalue weighted by Crippen LogP contribution is 2.25. The van der Waals surface area contributed by atoms with Crippen molar-refractivity contribution in [1.82, 2.24) is 4.57 Å². The molecule has 1 aromatic heterocycles. The highest BCUT2D eigenvalue weighted by molar-refractivity contribution is 6.12. The van der Waals surface area contributed by atoms with Crippen LogP contribution in [-0.2, 0) is 16.1 Å². The minimum Gasteiger partial charge on any atom is -0.480 e. The van der Waals surface area contributed by atoms with Gasteiger partial charge in [0.05, 0.1) is 0 Å². The summed E-state index contributed by atoms with van der Waals surface area (Å²) in [5.41, 5.74) is 2.06. The van der Waals surface area contributed by atoms with Crippen molar-refractivity contribution >= 4 is 34.5 Å². The van der Waals surface area contributed by atoms with Crippen LogP contribution in [0.2, 0.25) is 0 Å². The molecule has 0 aliphatic heterocycles. The Morgan fingerprint density at radius 3 is 2.41 bits per heavy atom. The van der Waals surface area contributed by atoms with E-state index in [9.17, 15) is 14.9 Å². The Morgan fingerprint density at radius 2 is 1.79 bits per heavy atom. The number of nitriles is 1. The number of amides is 1. The quantitative estimate of drug-likeness (QED) is 0.510. The monoisotopic (exact) mass is 387 g/mol. The molecule has 0 radical (unpaired) electrons. The second-order valence-corrected chi connectivity index (χ2v) is 6.90. The number of benzene rings is 2. The smallest absolute Gasteiger partial charge is 0.323 e. The summed E-state index contributed by atoms with van der Waals surface area (Å²) in [7, 11) is 0. The molecule has 0 spiro atoms. The Morgan fingerprint density at radius 1 is 1.14 bits per heavy atom. The first kappa shape index (κ1) is 19.9. The largest absolute Gasteiger partial charge is 0.480 e. The van der Waals surface area contributed by atoms with Gasteiger partial charge in [-0.2, -0.15) is 5.26 Å². The minimum absolute atomic E-state index is 0.0132. The lowest BCUT2D eigenvalue weighted by atomic mass is 10.1. The van der Waals surface area contributed by atoms with Crippen LogP contribution >= 0.6 is 0 Å². The van der Waals surface area contributed by atoms with E-state index < -0.39 is 11.9 Å². The lowest BCUT2D eigenvalue weighted by Gasteiger charge is -2.26. The van der Waals surface area contributed by atoms with E-state index in [0.29, 0.717) is 11.3 Å². The van der Waals surface area contributed by atoms with Crippen LogP contribution in [0.15, 0.2) is 66.4 Å². The molecule has 0 unspecified atom stereocenters. The molecule has 3 rings (SSSR count). The first-order valence-corrected chi connectivity index (χ1v) is 9.22. The van der Waals surface area contributed by atoms with Crippen molar-refractivity contribution in [2.24, 2.45) is 0 Å². The van der Waals surface area contributed by atoms with Crippen LogP contribution < -0.4 is 4.90 Å². The molecule has 0 saturated heterocycles. The van der Waals surface area contributed by atoms with Gasteiger partial charge in [0.25, 0.3) is 5.91 Å². The average molecular weight is 387 g/mol. The SMILES string of the molecule is CC(C)N(C(=O)/C(C#N)=C/c1cn(CC(=O)O)c2ccccc12)c1ccccc1. The maximum atomic E-state index is 13.2. The fourth-order valence-electron chi connectivity index (χ4n) is 3.33. The third kappa shape index (κ3) is 4.19. The van der Waals surface area contributed by atoms with Gasteiger partial charge in [-0.15, -0.1) is 0 Å². The van der Waals surface area contributed by atoms with Crippen LogP contribution in [0.4, 0.5) is 5.69 Å². The molecule has 6 nitrogen and oxygen atoms in total. The number of nitrogens with zero attached hydrogens (tertiary/aromatic N) is 3. The standard InChI is InChI=1S/C23H21N3O3/c1-16(2)26(19-8-4-3-5-9-19)23(29)17(13-24)12-18-14-25(15-22(27)28)21-11-7-6-10-20(18)21/h3-12,14,16H,15H2,1-2H3,(H,27,28)/b17-12+. The predicted octanol–water partition coefficient (Wildman–Crippen LogP) is 4.07. The van der Waals surface area contributed by atoms with Crippen LogP contribution in [0, 0.1) is 11.3 Å². The highest BCUT2D eigenvalue weighted by Gasteiger charge is 2.23. The molecule has 1 amide bonds. The molecule has 1 heterocycles. The lowest BCUT2D eigenvalue weighted by molar-refractivity contribution is -0.137. The molecule has 29 heavy (non-hydrogen) atoms. The normalized spacial score (nSPS) is 11.4. The summed E-state index contributed by atoms with van der Waals surface area (Å²) in [4.78, 5) is 25.9. The predicted molar refractivity (Wildman–Crippen MR) is 112 cm³/mol. The summed E-state index contributed by atoms with van der Waals surface area (Å²) in [5, 5.41) is 19.6. The van der Waals surface area contributed by atoms with E-state index in [4.69, 9.17) is 5.11 Å². The van der Waals surface area contributed by atoms with E-state index in [1.54, 1.807) is 15.7 Å². The molecule has 0 fully saturated rings. The first-order chi connectivity index (χ1) is 13.9. The Labute approximate surface area is 168 Å². The fraction of sp³-hybridized carbons (Fsp3) is 0.174. The van der Waals surface area contributed by atoms with Crippen molar-refractivity contribution in [2.75, 3.05) is 4.90 Å². The fourth-order valence-corrected chi connectivity index (χ4v) is 3.33. The molecular formula is C23H21N3O3. The number of anilines is 1. The van der Waals surface area contributed by atoms with E-state index in [2.05, 4.69) is 0 Å². The van der Waals surface area contributed by atoms with Crippen molar-refractivity contribution in [1.29, 1.82) is 5.26 Å². The second-order valence-electron chi connectivity index (χ2n) is 6.90. The number of rotatable bonds is 6. The maximum absolute atomic E-state index is 13.2. The lowest BCUT2D eigenvalue weighted by Crippen LogP contribution is -2.37. The number of carboxylic acid groups (broad SMARTS) is 1. The van der Waals surface area contributed by atoms with E-state index in [1.165, 1.54) is 6.08 Å². The van der Waals surface area contributed by atoms with Crippen LogP contribution in [0.5, 0.6) is 0 Å². The number of carbonyl (C=O) groups is 2. The molecule has 6 heteroatoms. The molecule has 0 atom stereocenters. The van der Waals surface area contributed by atoms with Gasteiger partial charge in [0, 0.05) is 34.4 Å². The molecular weight excluding hydrogens is 366 g/mol. The van der Waals surface area contributed by atoms with Crippen molar-refractivity contribution in [3.63, 3.8) is 0 Å². The molecule has 2 aromatic carbocycles. The summed E-state index contributed by atoms with van der Waals surface area (Å²) in [6.07, 6.45) is 3.19. The van der Waals surface area contributed by atoms with Gasteiger partial charge in [-0.1, -0.05) is 36.4 Å². The highest BCUT2D eigenvalue weighted by atomic mass is 16.4. The molecule has 146 valence electrons. The third-order valence-electron chi connectivity index (χ3n) is 4.55. The van der Waals surface area contributed by atoms with Gasteiger partial charge in [-0.25, -0.2) is 0 Å². The summed E-state index contributed by atoms with van der Waals surface area (Å²) in [5.74, 6) is -1.36. The van der Waals surface area contributed by atoms with E-state index in [1.807, 2.05) is 74.5 Å². The van der Waals surface area contributed by atoms with Gasteiger partial charge in [0.1, 0.15) is 18.2 Å². The average Bonchev–Trinajstić information content (AvgIpc) is 3.03. The summed E-state index contributed by atoms with van der Waals surface area (Å²) in [6, 6.07) is 18.4. The van der Waals surface area contributed by atoms with Crippen LogP contribution in [0.25, 0.3) is 17.0 Å². The number of carbonyl (C=O) groups excluding carboxylic acids is 1. The van der Waals surface area contributed by atoms with Gasteiger partial charge < -0.3 is 14.6 Å². The molecule has 0 aliphatic carbocycles. The number of hydrogen-bond acceptors (Lipinski definition) is 3. The zero-order valence-electron chi connectivity index (χ0n) is 16.2. The Balaban J connectivity index is 2.07. The van der Waals surface area contributed by atoms with Crippen LogP contribution in [-0.4, -0.2) is 27.6 Å². The Hall–Kier alpha value is -3.85. The van der Waals surface area contributed by atoms with Gasteiger partial charge in [-0.05, 0) is 38.1 Å². The summed E-state index contributed by atoms with van der Waals surface area (Å²) in [6.45, 7) is 3.57. The number of carboxylic acids is 1. The molecule has 3 aromatic rings. The van der Waals surface area contributed by atoms with Gasteiger partial charge in [0.2, 0.25) is 0 Å². The van der Waals surface area contributed by atoms with E-state index >= 15 is 0 Å². The molecule has 1 N–H and O–H groups in total. The van der Waals surface area contributed by atoms with Crippen molar-refractivity contribution in [3.8, 4) is 6.07 Å². The second kappa shape index (κ2) is 8.44. The first-order valence-electron chi connectivity index (χ1n) is 9.22. The minimum atomic E-state index is -0.965. The van der Waals surface area contributed by atoms with Crippen molar-refractivity contribution < 1.29 is 14.7 Å². The number of para-hydroxylation sites is 2. The zero-order valence-corrected chi connectivity index (χ0v) is 16.2. The topological polar surface area (TPSA) is 86.3 Å². The van der Waals surface area contributed by atoms with Gasteiger partial charge in [-0.3, -0.25) is 9.59 Å². The molecule has 0 saturated carbocycles. The third-order valence-corrected chi connectivity index (χ3v) is 4.55. The Kier molecular flexibility index (Phi) is 5.79. The summed E-state index contributed by atoms with van der Waals surface area (Å²) < 4.78 is 1.60. The number of hydrogen-bond donors (Lipinski definition) is 1. The van der Waals surface area contributed by atoms with Gasteiger partial charge in [0.15, 0.2) is 0 Å². The van der Waals surface area contributed by atoms with E-state index in [-0.39, 0.29) is 18.2 Å². The van der Waals surface area contributed by atoms with Crippen molar-refractivity contribution in [2.45, 2.75) is 26.4 Å². The number of fused-ring (bicyclic) bond motifs is 1. The van der Waals surface area contributed by atoms with Crippen LogP contribution in [0.1, 0.15) is 19.4 Å². The molecule has 0 bridgehead atoms. The Bertz CT molecular complexity index is 1120. The van der Waals surface area contributed by atoms with Gasteiger partial charge >= 0.3 is 5.97 Å². The zero-order chi connectivity index (χ0) is 21.0. The van der Waals surface area contributed by atoms with Crippen LogP contribution in [0.3, 0.4) is 0 Å². The maximum Gasteiger partial charge on any atom is 0.323 e. The van der Waals surface area contributed by atoms with Crippen molar-refractivity contribution in [3.05, 3.63) is 71.9 Å². The molecule has 0 aliphatic rings. The number of aliphatic carboxylic acids is 1. The number of aromatic nitrogens is 1. The summed E-state index contributed by atoms with van der Waals surface area (Å²) >= 11 is 0. The van der Waals surface area contributed by atoms with E-state index in [0.717, 1.165) is 10.9 Å².